The van der Waals surface area contributed by atoms with Gasteiger partial charge in [0.1, 0.15) is 0 Å². The number of fused-ring (bicyclic) bond motifs is 15. The third kappa shape index (κ3) is 5.27. The van der Waals surface area contributed by atoms with Gasteiger partial charge >= 0.3 is 0 Å². The van der Waals surface area contributed by atoms with Crippen molar-refractivity contribution in [1.29, 1.82) is 0 Å². The van der Waals surface area contributed by atoms with Crippen LogP contribution in [0.2, 0.25) is 0 Å². The van der Waals surface area contributed by atoms with E-state index in [-0.39, 0.29) is 16.2 Å². The maximum absolute atomic E-state index is 2.67. The average Bonchev–Trinajstić information content (AvgIpc) is 3.88. The van der Waals surface area contributed by atoms with E-state index in [2.05, 4.69) is 210 Å². The van der Waals surface area contributed by atoms with Crippen LogP contribution in [0.3, 0.4) is 0 Å². The SMILES string of the molecule is CC1(C)CCC(C)(C)c2c(-c3cc4c(cc3N(c3ccc5c(c3)CCCC5)c3ccc5c(c3)C(C)(C)c3ccccc3-5)C3(c5ccccc5-c5ccccc53)c3ccccc3-4)cccc21. The van der Waals surface area contributed by atoms with Gasteiger partial charge in [-0.1, -0.05) is 169 Å². The molecule has 65 heavy (non-hydrogen) atoms. The first-order valence-electron chi connectivity index (χ1n) is 24.3. The quantitative estimate of drug-likeness (QED) is 0.171. The minimum atomic E-state index is -0.465. The Balaban J connectivity index is 1.17. The first kappa shape index (κ1) is 39.0. The molecule has 5 aliphatic rings. The molecule has 13 rings (SSSR count). The van der Waals surface area contributed by atoms with Crippen molar-refractivity contribution in [3.8, 4) is 44.5 Å². The highest BCUT2D eigenvalue weighted by Crippen LogP contribution is 2.65. The van der Waals surface area contributed by atoms with E-state index < -0.39 is 5.41 Å². The number of hydrogen-bond acceptors (Lipinski definition) is 1. The zero-order chi connectivity index (χ0) is 44.0. The van der Waals surface area contributed by atoms with Gasteiger partial charge in [0.15, 0.2) is 0 Å². The predicted octanol–water partition coefficient (Wildman–Crippen LogP) is 16.7. The highest BCUT2D eigenvalue weighted by atomic mass is 15.1. The maximum Gasteiger partial charge on any atom is 0.0726 e. The number of hydrogen-bond donors (Lipinski definition) is 0. The molecule has 0 heterocycles. The van der Waals surface area contributed by atoms with Crippen LogP contribution in [-0.2, 0) is 34.5 Å². The summed E-state index contributed by atoms with van der Waals surface area (Å²) in [4.78, 5) is 2.67. The van der Waals surface area contributed by atoms with Crippen LogP contribution in [0.4, 0.5) is 17.1 Å². The van der Waals surface area contributed by atoms with Crippen molar-refractivity contribution >= 4 is 17.1 Å². The molecule has 1 spiro atoms. The Kier molecular flexibility index (Phi) is 8.13. The van der Waals surface area contributed by atoms with Crippen molar-refractivity contribution in [3.63, 3.8) is 0 Å². The van der Waals surface area contributed by atoms with E-state index in [1.807, 2.05) is 0 Å². The zero-order valence-corrected chi connectivity index (χ0v) is 38.8. The van der Waals surface area contributed by atoms with Gasteiger partial charge in [-0.2, -0.15) is 0 Å². The van der Waals surface area contributed by atoms with Crippen LogP contribution in [0.1, 0.15) is 123 Å². The van der Waals surface area contributed by atoms with Gasteiger partial charge in [0.2, 0.25) is 0 Å². The maximum atomic E-state index is 2.67. The molecule has 1 heteroatoms. The van der Waals surface area contributed by atoms with E-state index in [1.54, 1.807) is 0 Å². The third-order valence-electron chi connectivity index (χ3n) is 16.9. The van der Waals surface area contributed by atoms with Crippen LogP contribution in [0.25, 0.3) is 44.5 Å². The first-order valence-corrected chi connectivity index (χ1v) is 24.3. The van der Waals surface area contributed by atoms with Gasteiger partial charge in [0.05, 0.1) is 11.1 Å². The smallest absolute Gasteiger partial charge is 0.0726 e. The van der Waals surface area contributed by atoms with Crippen LogP contribution in [0.5, 0.6) is 0 Å². The fourth-order valence-corrected chi connectivity index (χ4v) is 13.6. The molecule has 318 valence electrons. The highest BCUT2D eigenvalue weighted by Gasteiger charge is 2.52. The van der Waals surface area contributed by atoms with E-state index in [1.165, 1.54) is 136 Å². The summed E-state index contributed by atoms with van der Waals surface area (Å²) >= 11 is 0. The molecule has 0 aliphatic heterocycles. The van der Waals surface area contributed by atoms with Crippen molar-refractivity contribution in [2.45, 2.75) is 102 Å². The summed E-state index contributed by atoms with van der Waals surface area (Å²) in [5.41, 5.74) is 28.2. The van der Waals surface area contributed by atoms with Gasteiger partial charge in [-0.25, -0.2) is 0 Å². The van der Waals surface area contributed by atoms with E-state index >= 15 is 0 Å². The lowest BCUT2D eigenvalue weighted by atomic mass is 9.61. The van der Waals surface area contributed by atoms with Gasteiger partial charge in [0, 0.05) is 22.4 Å². The number of nitrogens with zero attached hydrogens (tertiary/aromatic N) is 1. The molecule has 0 N–H and O–H groups in total. The Morgan fingerprint density at radius 2 is 0.862 bits per heavy atom. The Morgan fingerprint density at radius 1 is 0.354 bits per heavy atom. The Labute approximate surface area is 385 Å². The Bertz CT molecular complexity index is 3270. The van der Waals surface area contributed by atoms with E-state index in [0.717, 1.165) is 19.3 Å². The molecule has 0 amide bonds. The van der Waals surface area contributed by atoms with Crippen LogP contribution in [-0.4, -0.2) is 0 Å². The summed E-state index contributed by atoms with van der Waals surface area (Å²) in [5, 5.41) is 0. The fourth-order valence-electron chi connectivity index (χ4n) is 13.6. The second kappa shape index (κ2) is 13.6. The van der Waals surface area contributed by atoms with Gasteiger partial charge in [0.25, 0.3) is 0 Å². The number of anilines is 3. The topological polar surface area (TPSA) is 3.24 Å². The number of rotatable bonds is 4. The van der Waals surface area contributed by atoms with Crippen molar-refractivity contribution in [3.05, 3.63) is 219 Å². The Morgan fingerprint density at radius 3 is 1.54 bits per heavy atom. The molecule has 0 bridgehead atoms. The molecular formula is C64H57N. The molecule has 8 aromatic carbocycles. The van der Waals surface area contributed by atoms with E-state index in [4.69, 9.17) is 0 Å². The van der Waals surface area contributed by atoms with Gasteiger partial charge in [-0.15, -0.1) is 0 Å². The molecule has 5 aliphatic carbocycles. The van der Waals surface area contributed by atoms with Gasteiger partial charge in [-0.3, -0.25) is 0 Å². The lowest BCUT2D eigenvalue weighted by molar-refractivity contribution is 0.333. The monoisotopic (exact) mass is 839 g/mol. The summed E-state index contributed by atoms with van der Waals surface area (Å²) < 4.78 is 0. The van der Waals surface area contributed by atoms with Crippen LogP contribution >= 0.6 is 0 Å². The summed E-state index contributed by atoms with van der Waals surface area (Å²) in [6.07, 6.45) is 7.12. The van der Waals surface area contributed by atoms with Crippen LogP contribution in [0, 0.1) is 0 Å². The average molecular weight is 840 g/mol. The van der Waals surface area contributed by atoms with Crippen LogP contribution < -0.4 is 4.90 Å². The molecule has 0 fully saturated rings. The number of aryl methyl sites for hydroxylation is 2. The summed E-state index contributed by atoms with van der Waals surface area (Å²) in [5.74, 6) is 0. The molecule has 0 unspecified atom stereocenters. The third-order valence-corrected chi connectivity index (χ3v) is 16.9. The minimum Gasteiger partial charge on any atom is -0.310 e. The Hall–Kier alpha value is -6.44. The summed E-state index contributed by atoms with van der Waals surface area (Å²) in [7, 11) is 0. The lowest BCUT2D eigenvalue weighted by Crippen LogP contribution is -2.34. The lowest BCUT2D eigenvalue weighted by Gasteiger charge is -2.43. The van der Waals surface area contributed by atoms with E-state index in [9.17, 15) is 0 Å². The van der Waals surface area contributed by atoms with E-state index in [0.29, 0.717) is 0 Å². The summed E-state index contributed by atoms with van der Waals surface area (Å²) in [6, 6.07) is 64.2. The highest BCUT2D eigenvalue weighted by molar-refractivity contribution is 6.01. The second-order valence-corrected chi connectivity index (χ2v) is 21.7. The molecule has 0 aromatic heterocycles. The molecule has 0 saturated heterocycles. The standard InChI is InChI=1S/C64H57N/c1-61(2)34-35-62(3,4)60-49(24-17-29-56(60)61)51-38-50-47-23-12-16-28-55(47)64(53-26-14-10-21-45(53)46-22-11-15-27-54(46)64)58(50)39-59(51)65(42-31-30-40-18-7-8-19-41(40)36-42)43-32-33-48-44-20-9-13-25-52(44)63(5,6)57(48)37-43/h9-17,20-33,36-39H,7-8,18-19,34-35H2,1-6H3. The predicted molar refractivity (Wildman–Crippen MR) is 272 cm³/mol. The van der Waals surface area contributed by atoms with Crippen molar-refractivity contribution in [2.24, 2.45) is 0 Å². The second-order valence-electron chi connectivity index (χ2n) is 21.7. The van der Waals surface area contributed by atoms with Crippen LogP contribution in [0.15, 0.2) is 164 Å². The largest absolute Gasteiger partial charge is 0.310 e. The molecule has 1 nitrogen and oxygen atoms in total. The summed E-state index contributed by atoms with van der Waals surface area (Å²) in [6.45, 7) is 14.8. The number of benzene rings is 8. The first-order chi connectivity index (χ1) is 31.5. The van der Waals surface area contributed by atoms with Crippen molar-refractivity contribution < 1.29 is 0 Å². The van der Waals surface area contributed by atoms with Crippen molar-refractivity contribution in [1.82, 2.24) is 0 Å². The van der Waals surface area contributed by atoms with Gasteiger partial charge in [-0.05, 0) is 180 Å². The normalized spacial score (nSPS) is 17.8. The fraction of sp³-hybridized carbons (Fsp3) is 0.250. The minimum absolute atomic E-state index is 0.000212. The zero-order valence-electron chi connectivity index (χ0n) is 38.8. The molecule has 8 aromatic rings. The molecule has 0 radical (unpaired) electrons. The van der Waals surface area contributed by atoms with Crippen molar-refractivity contribution in [2.75, 3.05) is 4.90 Å². The molecular weight excluding hydrogens is 783 g/mol. The molecule has 0 saturated carbocycles. The van der Waals surface area contributed by atoms with Gasteiger partial charge < -0.3 is 4.90 Å². The molecule has 0 atom stereocenters.